The fraction of sp³-hybridized carbons (Fsp3) is 0.278. The Balaban J connectivity index is 2.33. The zero-order valence-corrected chi connectivity index (χ0v) is 12.4. The van der Waals surface area contributed by atoms with Gasteiger partial charge in [0, 0.05) is 0 Å². The van der Waals surface area contributed by atoms with Crippen LogP contribution in [-0.4, -0.2) is 6.29 Å². The summed E-state index contributed by atoms with van der Waals surface area (Å²) in [4.78, 5) is 11.1. The molecule has 0 radical (unpaired) electrons. The van der Waals surface area contributed by atoms with Crippen molar-refractivity contribution < 1.29 is 9.53 Å². The molecule has 0 heterocycles. The summed E-state index contributed by atoms with van der Waals surface area (Å²) >= 11 is 0. The monoisotopic (exact) mass is 268 g/mol. The van der Waals surface area contributed by atoms with Crippen LogP contribution in [0.5, 0.6) is 11.5 Å². The normalized spacial score (nSPS) is 11.2. The van der Waals surface area contributed by atoms with Gasteiger partial charge in [0.2, 0.25) is 0 Å². The Labute approximate surface area is 120 Å². The van der Waals surface area contributed by atoms with Gasteiger partial charge in [-0.2, -0.15) is 0 Å². The van der Waals surface area contributed by atoms with Crippen LogP contribution in [0.3, 0.4) is 0 Å². The molecule has 2 aromatic rings. The third-order valence-corrected chi connectivity index (χ3v) is 3.22. The largest absolute Gasteiger partial charge is 0.457 e. The molecule has 2 nitrogen and oxygen atoms in total. The maximum atomic E-state index is 11.1. The average molecular weight is 268 g/mol. The Morgan fingerprint density at radius 2 is 1.80 bits per heavy atom. The first-order valence-corrected chi connectivity index (χ1v) is 6.74. The van der Waals surface area contributed by atoms with Crippen molar-refractivity contribution in [3.63, 3.8) is 0 Å². The number of carbonyl (C=O) groups is 1. The smallest absolute Gasteiger partial charge is 0.153 e. The molecule has 104 valence electrons. The summed E-state index contributed by atoms with van der Waals surface area (Å²) in [6.45, 7) is 8.44. The molecule has 0 aliphatic carbocycles. The van der Waals surface area contributed by atoms with Gasteiger partial charge in [0.15, 0.2) is 6.29 Å². The van der Waals surface area contributed by atoms with Crippen molar-refractivity contribution in [3.05, 3.63) is 59.2 Å². The Hall–Kier alpha value is -2.09. The number of ether oxygens (including phenoxy) is 1. The lowest BCUT2D eigenvalue weighted by molar-refractivity contribution is 0.112. The SMILES string of the molecule is Cc1ccc(Oc2cccc(C(C)(C)C)c2)c(C=O)c1. The maximum absolute atomic E-state index is 11.1. The van der Waals surface area contributed by atoms with E-state index in [2.05, 4.69) is 26.8 Å². The van der Waals surface area contributed by atoms with Crippen molar-refractivity contribution in [3.8, 4) is 11.5 Å². The van der Waals surface area contributed by atoms with Gasteiger partial charge in [0.25, 0.3) is 0 Å². The molecule has 0 aliphatic rings. The summed E-state index contributed by atoms with van der Waals surface area (Å²) in [5, 5.41) is 0. The van der Waals surface area contributed by atoms with E-state index in [0.29, 0.717) is 11.3 Å². The molecular formula is C18H20O2. The Kier molecular flexibility index (Phi) is 3.93. The van der Waals surface area contributed by atoms with Crippen LogP contribution in [0.4, 0.5) is 0 Å². The van der Waals surface area contributed by atoms with E-state index < -0.39 is 0 Å². The fourth-order valence-corrected chi connectivity index (χ4v) is 2.01. The van der Waals surface area contributed by atoms with Crippen molar-refractivity contribution in [2.75, 3.05) is 0 Å². The third kappa shape index (κ3) is 3.27. The first kappa shape index (κ1) is 14.3. The maximum Gasteiger partial charge on any atom is 0.153 e. The summed E-state index contributed by atoms with van der Waals surface area (Å²) < 4.78 is 5.86. The van der Waals surface area contributed by atoms with Gasteiger partial charge in [0.1, 0.15) is 11.5 Å². The Bertz CT molecular complexity index is 622. The van der Waals surface area contributed by atoms with Gasteiger partial charge in [-0.05, 0) is 42.2 Å². The predicted molar refractivity (Wildman–Crippen MR) is 81.8 cm³/mol. The lowest BCUT2D eigenvalue weighted by Crippen LogP contribution is -2.10. The van der Waals surface area contributed by atoms with E-state index in [9.17, 15) is 4.79 Å². The zero-order chi connectivity index (χ0) is 14.8. The molecule has 0 N–H and O–H groups in total. The standard InChI is InChI=1S/C18H20O2/c1-13-8-9-17(14(10-13)12-19)20-16-7-5-6-15(11-16)18(2,3)4/h5-12H,1-4H3. The lowest BCUT2D eigenvalue weighted by Gasteiger charge is -2.20. The van der Waals surface area contributed by atoms with Gasteiger partial charge in [-0.3, -0.25) is 4.79 Å². The first-order valence-electron chi connectivity index (χ1n) is 6.74. The van der Waals surface area contributed by atoms with E-state index in [0.717, 1.165) is 17.6 Å². The first-order chi connectivity index (χ1) is 9.40. The fourth-order valence-electron chi connectivity index (χ4n) is 2.01. The second-order valence-electron chi connectivity index (χ2n) is 6.04. The Morgan fingerprint density at radius 3 is 2.45 bits per heavy atom. The van der Waals surface area contributed by atoms with Crippen molar-refractivity contribution in [2.24, 2.45) is 0 Å². The number of hydrogen-bond donors (Lipinski definition) is 0. The van der Waals surface area contributed by atoms with Gasteiger partial charge in [0.05, 0.1) is 5.56 Å². The van der Waals surface area contributed by atoms with Gasteiger partial charge < -0.3 is 4.74 Å². The van der Waals surface area contributed by atoms with Gasteiger partial charge in [-0.1, -0.05) is 44.5 Å². The quantitative estimate of drug-likeness (QED) is 0.740. The van der Waals surface area contributed by atoms with E-state index >= 15 is 0 Å². The zero-order valence-electron chi connectivity index (χ0n) is 12.4. The van der Waals surface area contributed by atoms with E-state index in [1.807, 2.05) is 43.3 Å². The minimum absolute atomic E-state index is 0.0696. The van der Waals surface area contributed by atoms with Gasteiger partial charge >= 0.3 is 0 Å². The number of hydrogen-bond acceptors (Lipinski definition) is 2. The van der Waals surface area contributed by atoms with Crippen molar-refractivity contribution in [2.45, 2.75) is 33.1 Å². The van der Waals surface area contributed by atoms with Crippen LogP contribution in [0.1, 0.15) is 42.3 Å². The summed E-state index contributed by atoms with van der Waals surface area (Å²) in [7, 11) is 0. The number of aryl methyl sites for hydroxylation is 1. The van der Waals surface area contributed by atoms with E-state index in [-0.39, 0.29) is 5.41 Å². The van der Waals surface area contributed by atoms with Gasteiger partial charge in [-0.25, -0.2) is 0 Å². The molecule has 0 bridgehead atoms. The molecule has 0 amide bonds. The predicted octanol–water partition coefficient (Wildman–Crippen LogP) is 4.90. The van der Waals surface area contributed by atoms with E-state index in [1.165, 1.54) is 5.56 Å². The highest BCUT2D eigenvalue weighted by atomic mass is 16.5. The molecule has 0 spiro atoms. The molecule has 0 aromatic heterocycles. The molecule has 0 atom stereocenters. The molecule has 0 fully saturated rings. The second kappa shape index (κ2) is 5.49. The van der Waals surface area contributed by atoms with Crippen LogP contribution >= 0.6 is 0 Å². The van der Waals surface area contributed by atoms with Crippen molar-refractivity contribution in [1.82, 2.24) is 0 Å². The number of aldehydes is 1. The minimum atomic E-state index is 0.0696. The van der Waals surface area contributed by atoms with Gasteiger partial charge in [-0.15, -0.1) is 0 Å². The van der Waals surface area contributed by atoms with Crippen LogP contribution in [0.2, 0.25) is 0 Å². The summed E-state index contributed by atoms with van der Waals surface area (Å²) in [5.41, 5.74) is 2.89. The summed E-state index contributed by atoms with van der Waals surface area (Å²) in [5.74, 6) is 1.35. The van der Waals surface area contributed by atoms with E-state index in [1.54, 1.807) is 0 Å². The summed E-state index contributed by atoms with van der Waals surface area (Å²) in [6.07, 6.45) is 0.829. The highest BCUT2D eigenvalue weighted by molar-refractivity contribution is 5.79. The Morgan fingerprint density at radius 1 is 1.05 bits per heavy atom. The highest BCUT2D eigenvalue weighted by Gasteiger charge is 2.14. The van der Waals surface area contributed by atoms with Crippen LogP contribution in [0, 0.1) is 6.92 Å². The highest BCUT2D eigenvalue weighted by Crippen LogP contribution is 2.29. The molecule has 0 unspecified atom stereocenters. The molecule has 0 aliphatic heterocycles. The molecule has 20 heavy (non-hydrogen) atoms. The number of carbonyl (C=O) groups excluding carboxylic acids is 1. The number of rotatable bonds is 3. The topological polar surface area (TPSA) is 26.3 Å². The average Bonchev–Trinajstić information content (AvgIpc) is 2.40. The minimum Gasteiger partial charge on any atom is -0.457 e. The third-order valence-electron chi connectivity index (χ3n) is 3.22. The molecular weight excluding hydrogens is 248 g/mol. The number of benzene rings is 2. The molecule has 2 aromatic carbocycles. The van der Waals surface area contributed by atoms with Crippen LogP contribution in [-0.2, 0) is 5.41 Å². The second-order valence-corrected chi connectivity index (χ2v) is 6.04. The summed E-state index contributed by atoms with van der Waals surface area (Å²) in [6, 6.07) is 13.6. The van der Waals surface area contributed by atoms with Crippen LogP contribution < -0.4 is 4.74 Å². The molecule has 0 saturated carbocycles. The van der Waals surface area contributed by atoms with Crippen molar-refractivity contribution in [1.29, 1.82) is 0 Å². The molecule has 2 heteroatoms. The van der Waals surface area contributed by atoms with Crippen LogP contribution in [0.15, 0.2) is 42.5 Å². The van der Waals surface area contributed by atoms with E-state index in [4.69, 9.17) is 4.74 Å². The van der Waals surface area contributed by atoms with Crippen molar-refractivity contribution >= 4 is 6.29 Å². The molecule has 0 saturated heterocycles. The van der Waals surface area contributed by atoms with Crippen LogP contribution in [0.25, 0.3) is 0 Å². The molecule has 2 rings (SSSR count). The lowest BCUT2D eigenvalue weighted by atomic mass is 9.87.